The highest BCUT2D eigenvalue weighted by Crippen LogP contribution is 2.33. The summed E-state index contributed by atoms with van der Waals surface area (Å²) in [5.74, 6) is 1.85. The van der Waals surface area contributed by atoms with Crippen LogP contribution in [0.3, 0.4) is 0 Å². The average molecular weight is 230 g/mol. The maximum Gasteiger partial charge on any atom is 0.275 e. The number of carbonyl (C=O) groups excluding carboxylic acids is 1. The van der Waals surface area contributed by atoms with Gasteiger partial charge in [-0.15, -0.1) is 0 Å². The van der Waals surface area contributed by atoms with Crippen LogP contribution in [0.1, 0.15) is 12.5 Å². The van der Waals surface area contributed by atoms with Crippen LogP contribution < -0.4 is 14.8 Å². The molecule has 2 aliphatic heterocycles. The second-order valence-corrected chi connectivity index (χ2v) is 3.79. The fourth-order valence-electron chi connectivity index (χ4n) is 1.75. The summed E-state index contributed by atoms with van der Waals surface area (Å²) in [4.78, 5) is 15.6. The third kappa shape index (κ3) is 1.75. The van der Waals surface area contributed by atoms with Crippen LogP contribution in [0.4, 0.5) is 0 Å². The first kappa shape index (κ1) is 9.89. The maximum atomic E-state index is 11.5. The molecule has 0 aromatic heterocycles. The van der Waals surface area contributed by atoms with Gasteiger partial charge in [-0.3, -0.25) is 4.79 Å². The van der Waals surface area contributed by atoms with Crippen LogP contribution in [-0.4, -0.2) is 18.5 Å². The Morgan fingerprint density at radius 2 is 2.18 bits per heavy atom. The smallest absolute Gasteiger partial charge is 0.275 e. The van der Waals surface area contributed by atoms with Crippen molar-refractivity contribution in [3.05, 3.63) is 29.5 Å². The van der Waals surface area contributed by atoms with Crippen LogP contribution in [-0.2, 0) is 4.79 Å². The molecular weight excluding hydrogens is 220 g/mol. The first-order valence-corrected chi connectivity index (χ1v) is 5.20. The minimum absolute atomic E-state index is 0.180. The number of amides is 1. The van der Waals surface area contributed by atoms with Gasteiger partial charge >= 0.3 is 0 Å². The fraction of sp³-hybridized carbons (Fsp3) is 0.167. The lowest BCUT2D eigenvalue weighted by molar-refractivity contribution is -0.115. The maximum absolute atomic E-state index is 11.5. The van der Waals surface area contributed by atoms with Gasteiger partial charge in [-0.1, -0.05) is 6.07 Å². The largest absolute Gasteiger partial charge is 0.454 e. The zero-order chi connectivity index (χ0) is 11.8. The molecule has 0 bridgehead atoms. The Balaban J connectivity index is 1.96. The van der Waals surface area contributed by atoms with E-state index in [-0.39, 0.29) is 12.7 Å². The second kappa shape index (κ2) is 3.62. The molecule has 5 heteroatoms. The van der Waals surface area contributed by atoms with Crippen LogP contribution in [0.2, 0.25) is 0 Å². The van der Waals surface area contributed by atoms with Crippen LogP contribution in [0, 0.1) is 0 Å². The zero-order valence-electron chi connectivity index (χ0n) is 9.19. The Bertz CT molecular complexity index is 561. The molecule has 1 aromatic carbocycles. The summed E-state index contributed by atoms with van der Waals surface area (Å²) >= 11 is 0. The Morgan fingerprint density at radius 3 is 2.94 bits per heavy atom. The van der Waals surface area contributed by atoms with E-state index in [1.54, 1.807) is 13.0 Å². The molecule has 5 nitrogen and oxygen atoms in total. The second-order valence-electron chi connectivity index (χ2n) is 3.79. The van der Waals surface area contributed by atoms with E-state index in [1.807, 2.05) is 18.2 Å². The highest BCUT2D eigenvalue weighted by molar-refractivity contribution is 6.13. The SMILES string of the molecule is CC1=N/C(=C/c2ccc3c(c2)OCO3)C(=O)N1. The molecule has 1 aromatic rings. The molecule has 86 valence electrons. The Labute approximate surface area is 97.8 Å². The van der Waals surface area contributed by atoms with Crippen molar-refractivity contribution in [1.82, 2.24) is 5.32 Å². The summed E-state index contributed by atoms with van der Waals surface area (Å²) in [6, 6.07) is 5.50. The minimum Gasteiger partial charge on any atom is -0.454 e. The third-order valence-corrected chi connectivity index (χ3v) is 2.52. The Morgan fingerprint density at radius 1 is 1.35 bits per heavy atom. The summed E-state index contributed by atoms with van der Waals surface area (Å²) in [5.41, 5.74) is 1.26. The van der Waals surface area contributed by atoms with E-state index in [4.69, 9.17) is 9.47 Å². The van der Waals surface area contributed by atoms with Crippen LogP contribution in [0.5, 0.6) is 11.5 Å². The lowest BCUT2D eigenvalue weighted by atomic mass is 10.1. The van der Waals surface area contributed by atoms with Crippen molar-refractivity contribution >= 4 is 17.8 Å². The molecule has 0 saturated carbocycles. The Kier molecular flexibility index (Phi) is 2.11. The summed E-state index contributed by atoms with van der Waals surface area (Å²) in [7, 11) is 0. The number of rotatable bonds is 1. The summed E-state index contributed by atoms with van der Waals surface area (Å²) in [6.45, 7) is 1.99. The molecule has 2 aliphatic rings. The van der Waals surface area contributed by atoms with Crippen molar-refractivity contribution in [2.45, 2.75) is 6.92 Å². The molecular formula is C12H10N2O3. The van der Waals surface area contributed by atoms with Crippen molar-refractivity contribution < 1.29 is 14.3 Å². The van der Waals surface area contributed by atoms with Crippen LogP contribution in [0.25, 0.3) is 6.08 Å². The normalized spacial score (nSPS) is 19.5. The lowest BCUT2D eigenvalue weighted by Crippen LogP contribution is -2.21. The van der Waals surface area contributed by atoms with Gasteiger partial charge in [0.15, 0.2) is 11.5 Å². The van der Waals surface area contributed by atoms with Crippen molar-refractivity contribution in [3.63, 3.8) is 0 Å². The molecule has 3 rings (SSSR count). The number of amidine groups is 1. The molecule has 1 amide bonds. The van der Waals surface area contributed by atoms with Crippen molar-refractivity contribution in [1.29, 1.82) is 0 Å². The molecule has 0 saturated heterocycles. The number of benzene rings is 1. The molecule has 2 heterocycles. The molecule has 0 fully saturated rings. The van der Waals surface area contributed by atoms with Crippen LogP contribution in [0.15, 0.2) is 28.9 Å². The molecule has 0 aliphatic carbocycles. The van der Waals surface area contributed by atoms with E-state index in [2.05, 4.69) is 10.3 Å². The summed E-state index contributed by atoms with van der Waals surface area (Å²) in [6.07, 6.45) is 1.72. The van der Waals surface area contributed by atoms with Crippen molar-refractivity contribution in [3.8, 4) is 11.5 Å². The van der Waals surface area contributed by atoms with E-state index in [9.17, 15) is 4.79 Å². The first-order chi connectivity index (χ1) is 8.22. The van der Waals surface area contributed by atoms with Crippen molar-refractivity contribution in [2.24, 2.45) is 4.99 Å². The molecule has 1 N–H and O–H groups in total. The number of nitrogens with one attached hydrogen (secondary N) is 1. The topological polar surface area (TPSA) is 59.9 Å². The first-order valence-electron chi connectivity index (χ1n) is 5.20. The average Bonchev–Trinajstić information content (AvgIpc) is 2.85. The predicted octanol–water partition coefficient (Wildman–Crippen LogP) is 1.30. The van der Waals surface area contributed by atoms with E-state index in [0.29, 0.717) is 17.3 Å². The summed E-state index contributed by atoms with van der Waals surface area (Å²) < 4.78 is 10.5. The highest BCUT2D eigenvalue weighted by atomic mass is 16.7. The number of nitrogens with zero attached hydrogens (tertiary/aromatic N) is 1. The fourth-order valence-corrected chi connectivity index (χ4v) is 1.75. The molecule has 17 heavy (non-hydrogen) atoms. The van der Waals surface area contributed by atoms with E-state index in [1.165, 1.54) is 0 Å². The van der Waals surface area contributed by atoms with Gasteiger partial charge < -0.3 is 14.8 Å². The number of carbonyl (C=O) groups is 1. The van der Waals surface area contributed by atoms with Gasteiger partial charge in [-0.05, 0) is 30.7 Å². The number of ether oxygens (including phenoxy) is 2. The van der Waals surface area contributed by atoms with Crippen molar-refractivity contribution in [2.75, 3.05) is 6.79 Å². The van der Waals surface area contributed by atoms with Gasteiger partial charge in [0.25, 0.3) is 5.91 Å². The van der Waals surface area contributed by atoms with E-state index in [0.717, 1.165) is 11.3 Å². The van der Waals surface area contributed by atoms with Gasteiger partial charge in [-0.2, -0.15) is 0 Å². The quantitative estimate of drug-likeness (QED) is 0.740. The highest BCUT2D eigenvalue weighted by Gasteiger charge is 2.17. The summed E-state index contributed by atoms with van der Waals surface area (Å²) in [5, 5.41) is 2.63. The Hall–Kier alpha value is -2.30. The number of hydrogen-bond donors (Lipinski definition) is 1. The minimum atomic E-state index is -0.180. The molecule has 0 radical (unpaired) electrons. The standard InChI is InChI=1S/C12H10N2O3/c1-7-13-9(12(15)14-7)4-8-2-3-10-11(5-8)17-6-16-10/h2-5H,6H2,1H3,(H,13,14,15)/b9-4+. The number of aliphatic imine (C=N–C) groups is 1. The van der Waals surface area contributed by atoms with Gasteiger partial charge in [0, 0.05) is 0 Å². The number of fused-ring (bicyclic) bond motifs is 1. The number of hydrogen-bond acceptors (Lipinski definition) is 4. The van der Waals surface area contributed by atoms with E-state index < -0.39 is 0 Å². The van der Waals surface area contributed by atoms with Gasteiger partial charge in [0.1, 0.15) is 11.5 Å². The molecule has 0 unspecified atom stereocenters. The molecule has 0 spiro atoms. The van der Waals surface area contributed by atoms with Gasteiger partial charge in [0.05, 0.1) is 0 Å². The monoisotopic (exact) mass is 230 g/mol. The van der Waals surface area contributed by atoms with E-state index >= 15 is 0 Å². The zero-order valence-corrected chi connectivity index (χ0v) is 9.19. The van der Waals surface area contributed by atoms with Gasteiger partial charge in [-0.25, -0.2) is 4.99 Å². The third-order valence-electron chi connectivity index (χ3n) is 2.52. The van der Waals surface area contributed by atoms with Gasteiger partial charge in [0.2, 0.25) is 6.79 Å². The van der Waals surface area contributed by atoms with Crippen LogP contribution >= 0.6 is 0 Å². The predicted molar refractivity (Wildman–Crippen MR) is 61.8 cm³/mol. The molecule has 0 atom stereocenters. The lowest BCUT2D eigenvalue weighted by Gasteiger charge is -1.98.